The molecule has 3 rings (SSSR count). The number of nitrogens with zero attached hydrogens (tertiary/aromatic N) is 3. The molecule has 1 aromatic heterocycles. The van der Waals surface area contributed by atoms with E-state index in [0.717, 1.165) is 28.2 Å². The quantitative estimate of drug-likeness (QED) is 0.761. The van der Waals surface area contributed by atoms with Gasteiger partial charge in [0.25, 0.3) is 0 Å². The van der Waals surface area contributed by atoms with Gasteiger partial charge >= 0.3 is 0 Å². The molecule has 0 radical (unpaired) electrons. The van der Waals surface area contributed by atoms with Crippen molar-refractivity contribution in [2.45, 2.75) is 19.9 Å². The van der Waals surface area contributed by atoms with Gasteiger partial charge in [-0.3, -0.25) is 0 Å². The summed E-state index contributed by atoms with van der Waals surface area (Å²) in [7, 11) is 3.66. The lowest BCUT2D eigenvalue weighted by Gasteiger charge is -2.23. The van der Waals surface area contributed by atoms with E-state index in [1.165, 1.54) is 0 Å². The average molecular weight is 336 g/mol. The second kappa shape index (κ2) is 7.07. The highest BCUT2D eigenvalue weighted by atomic mass is 16.5. The van der Waals surface area contributed by atoms with E-state index in [1.54, 1.807) is 7.11 Å². The maximum absolute atomic E-state index is 6.31. The molecule has 0 saturated heterocycles. The summed E-state index contributed by atoms with van der Waals surface area (Å²) in [5, 5.41) is 1.00. The Balaban J connectivity index is 2.12. The van der Waals surface area contributed by atoms with Crippen molar-refractivity contribution >= 4 is 22.4 Å². The minimum Gasteiger partial charge on any atom is -0.497 e. The van der Waals surface area contributed by atoms with Crippen molar-refractivity contribution in [3.8, 4) is 5.75 Å². The number of methoxy groups -OCH3 is 1. The smallest absolute Gasteiger partial charge is 0.148 e. The predicted molar refractivity (Wildman–Crippen MR) is 102 cm³/mol. The third-order valence-electron chi connectivity index (χ3n) is 4.39. The Morgan fingerprint density at radius 3 is 2.32 bits per heavy atom. The number of aromatic nitrogens is 2. The van der Waals surface area contributed by atoms with Crippen LogP contribution in [0.1, 0.15) is 25.7 Å². The van der Waals surface area contributed by atoms with E-state index < -0.39 is 0 Å². The Morgan fingerprint density at radius 1 is 1.00 bits per heavy atom. The third-order valence-corrected chi connectivity index (χ3v) is 4.39. The van der Waals surface area contributed by atoms with Gasteiger partial charge in [0.1, 0.15) is 17.4 Å². The maximum Gasteiger partial charge on any atom is 0.148 e. The van der Waals surface area contributed by atoms with Crippen LogP contribution in [0.15, 0.2) is 48.5 Å². The maximum atomic E-state index is 6.31. The number of hydrogen-bond acceptors (Lipinski definition) is 5. The molecule has 0 saturated carbocycles. The van der Waals surface area contributed by atoms with E-state index in [9.17, 15) is 0 Å². The first-order valence-electron chi connectivity index (χ1n) is 8.41. The molecule has 3 aromatic rings. The van der Waals surface area contributed by atoms with Crippen LogP contribution in [0.4, 0.5) is 11.5 Å². The van der Waals surface area contributed by atoms with Gasteiger partial charge in [0.15, 0.2) is 0 Å². The Hall–Kier alpha value is -2.66. The fourth-order valence-corrected chi connectivity index (χ4v) is 2.71. The monoisotopic (exact) mass is 336 g/mol. The molecule has 0 unspecified atom stereocenters. The summed E-state index contributed by atoms with van der Waals surface area (Å²) >= 11 is 0. The molecule has 130 valence electrons. The Morgan fingerprint density at radius 2 is 1.68 bits per heavy atom. The Labute approximate surface area is 148 Å². The van der Waals surface area contributed by atoms with Gasteiger partial charge in [0, 0.05) is 18.1 Å². The number of nitrogens with two attached hydrogens (primary N) is 1. The standard InChI is InChI=1S/C20H24N4O/c1-13(2)18(21)19-22-17-8-6-5-7-16(17)20(23-19)24(3)14-9-11-15(25-4)12-10-14/h5-13,18H,21H2,1-4H3/t18-/m0/s1. The molecule has 5 nitrogen and oxygen atoms in total. The molecule has 0 spiro atoms. The van der Waals surface area contributed by atoms with Crippen LogP contribution >= 0.6 is 0 Å². The van der Waals surface area contributed by atoms with Crippen LogP contribution in [0, 0.1) is 5.92 Å². The van der Waals surface area contributed by atoms with E-state index in [-0.39, 0.29) is 12.0 Å². The van der Waals surface area contributed by atoms with Gasteiger partial charge in [-0.05, 0) is 42.3 Å². The van der Waals surface area contributed by atoms with E-state index >= 15 is 0 Å². The molecular weight excluding hydrogens is 312 g/mol. The van der Waals surface area contributed by atoms with Gasteiger partial charge in [-0.1, -0.05) is 26.0 Å². The van der Waals surface area contributed by atoms with Crippen LogP contribution in [0.2, 0.25) is 0 Å². The Kier molecular flexibility index (Phi) is 4.86. The first kappa shape index (κ1) is 17.2. The summed E-state index contributed by atoms with van der Waals surface area (Å²) < 4.78 is 5.24. The van der Waals surface area contributed by atoms with Gasteiger partial charge in [0.2, 0.25) is 0 Å². The summed E-state index contributed by atoms with van der Waals surface area (Å²) in [5.74, 6) is 2.61. The number of ether oxygens (including phenoxy) is 1. The number of benzene rings is 2. The zero-order chi connectivity index (χ0) is 18.0. The number of anilines is 2. The van der Waals surface area contributed by atoms with Crippen molar-refractivity contribution in [1.82, 2.24) is 9.97 Å². The van der Waals surface area contributed by atoms with Gasteiger partial charge in [-0.25, -0.2) is 9.97 Å². The molecule has 0 aliphatic carbocycles. The highest BCUT2D eigenvalue weighted by molar-refractivity contribution is 5.91. The first-order valence-corrected chi connectivity index (χ1v) is 8.41. The van der Waals surface area contributed by atoms with Crippen molar-refractivity contribution in [3.05, 3.63) is 54.4 Å². The van der Waals surface area contributed by atoms with Crippen molar-refractivity contribution < 1.29 is 4.74 Å². The van der Waals surface area contributed by atoms with E-state index in [1.807, 2.05) is 55.6 Å². The SMILES string of the molecule is COc1ccc(N(C)c2nc([C@@H](N)C(C)C)nc3ccccc23)cc1. The highest BCUT2D eigenvalue weighted by Gasteiger charge is 2.18. The number of hydrogen-bond donors (Lipinski definition) is 1. The second-order valence-electron chi connectivity index (χ2n) is 6.45. The Bertz CT molecular complexity index is 861. The molecule has 2 aromatic carbocycles. The number of rotatable bonds is 5. The van der Waals surface area contributed by atoms with Crippen LogP contribution in [0.3, 0.4) is 0 Å². The number of fused-ring (bicyclic) bond motifs is 1. The first-order chi connectivity index (χ1) is 12.0. The summed E-state index contributed by atoms with van der Waals surface area (Å²) in [5.41, 5.74) is 8.24. The second-order valence-corrected chi connectivity index (χ2v) is 6.45. The molecule has 0 fully saturated rings. The molecular formula is C20H24N4O. The van der Waals surface area contributed by atoms with Gasteiger partial charge in [-0.2, -0.15) is 0 Å². The summed E-state index contributed by atoms with van der Waals surface area (Å²) in [4.78, 5) is 11.5. The van der Waals surface area contributed by atoms with Crippen molar-refractivity contribution in [3.63, 3.8) is 0 Å². The summed E-state index contributed by atoms with van der Waals surface area (Å²) in [6.45, 7) is 4.16. The minimum absolute atomic E-state index is 0.201. The largest absolute Gasteiger partial charge is 0.497 e. The molecule has 1 atom stereocenters. The van der Waals surface area contributed by atoms with Crippen molar-refractivity contribution in [2.24, 2.45) is 11.7 Å². The lowest BCUT2D eigenvalue weighted by atomic mass is 10.0. The third kappa shape index (κ3) is 3.42. The van der Waals surface area contributed by atoms with Gasteiger partial charge in [0.05, 0.1) is 18.7 Å². The molecule has 2 N–H and O–H groups in total. The van der Waals surface area contributed by atoms with Crippen LogP contribution in [-0.2, 0) is 0 Å². The molecule has 0 bridgehead atoms. The minimum atomic E-state index is -0.201. The number of para-hydroxylation sites is 1. The normalized spacial score (nSPS) is 12.4. The highest BCUT2D eigenvalue weighted by Crippen LogP contribution is 2.31. The van der Waals surface area contributed by atoms with Crippen LogP contribution < -0.4 is 15.4 Å². The van der Waals surface area contributed by atoms with E-state index in [0.29, 0.717) is 5.82 Å². The average Bonchev–Trinajstić information content (AvgIpc) is 2.65. The van der Waals surface area contributed by atoms with Gasteiger partial charge < -0.3 is 15.4 Å². The summed E-state index contributed by atoms with van der Waals surface area (Å²) in [6, 6.07) is 15.7. The molecule has 25 heavy (non-hydrogen) atoms. The van der Waals surface area contributed by atoms with Crippen LogP contribution in [0.25, 0.3) is 10.9 Å². The van der Waals surface area contributed by atoms with Crippen molar-refractivity contribution in [1.29, 1.82) is 0 Å². The molecule has 5 heteroatoms. The fraction of sp³-hybridized carbons (Fsp3) is 0.300. The topological polar surface area (TPSA) is 64.3 Å². The molecule has 0 amide bonds. The zero-order valence-corrected chi connectivity index (χ0v) is 15.1. The summed E-state index contributed by atoms with van der Waals surface area (Å²) in [6.07, 6.45) is 0. The van der Waals surface area contributed by atoms with Crippen LogP contribution in [0.5, 0.6) is 5.75 Å². The molecule has 1 heterocycles. The van der Waals surface area contributed by atoms with Gasteiger partial charge in [-0.15, -0.1) is 0 Å². The van der Waals surface area contributed by atoms with Crippen molar-refractivity contribution in [2.75, 3.05) is 19.1 Å². The lowest BCUT2D eigenvalue weighted by Crippen LogP contribution is -2.22. The predicted octanol–water partition coefficient (Wildman–Crippen LogP) is 4.06. The van der Waals surface area contributed by atoms with E-state index in [2.05, 4.69) is 23.7 Å². The zero-order valence-electron chi connectivity index (χ0n) is 15.1. The molecule has 0 aliphatic heterocycles. The van der Waals surface area contributed by atoms with E-state index in [4.69, 9.17) is 15.5 Å². The van der Waals surface area contributed by atoms with Crippen LogP contribution in [-0.4, -0.2) is 24.1 Å². The fourth-order valence-electron chi connectivity index (χ4n) is 2.71. The molecule has 0 aliphatic rings. The lowest BCUT2D eigenvalue weighted by molar-refractivity contribution is 0.415.